The summed E-state index contributed by atoms with van der Waals surface area (Å²) >= 11 is 0. The molecule has 0 aliphatic carbocycles. The maximum absolute atomic E-state index is 8.73. The van der Waals surface area contributed by atoms with Crippen molar-refractivity contribution in [2.24, 2.45) is 0 Å². The smallest absolute Gasteiger partial charge is 0.244 e. The second-order valence-corrected chi connectivity index (χ2v) is 4.24. The maximum Gasteiger partial charge on any atom is 0.244 e. The van der Waals surface area contributed by atoms with Crippen LogP contribution in [0.15, 0.2) is 49.1 Å². The van der Waals surface area contributed by atoms with Crippen LogP contribution < -0.4 is 4.57 Å². The number of aliphatic hydroxyl groups is 1. The minimum atomic E-state index is 0.283. The van der Waals surface area contributed by atoms with E-state index in [1.54, 1.807) is 0 Å². The third kappa shape index (κ3) is 3.71. The van der Waals surface area contributed by atoms with E-state index in [1.807, 2.05) is 6.07 Å². The zero-order valence-corrected chi connectivity index (χ0v) is 10.00. The summed E-state index contributed by atoms with van der Waals surface area (Å²) in [5.74, 6) is 0. The number of aryl methyl sites for hydroxylation is 1. The van der Waals surface area contributed by atoms with Gasteiger partial charge in [0, 0.05) is 6.61 Å². The molecule has 0 saturated heterocycles. The van der Waals surface area contributed by atoms with Gasteiger partial charge in [-0.2, -0.15) is 0 Å². The first kappa shape index (κ1) is 11.9. The molecule has 0 aliphatic rings. The Kier molecular flexibility index (Phi) is 4.33. The first-order valence-electron chi connectivity index (χ1n) is 6.08. The lowest BCUT2D eigenvalue weighted by molar-refractivity contribution is -0.687. The van der Waals surface area contributed by atoms with E-state index in [9.17, 15) is 0 Å². The first-order chi connectivity index (χ1) is 8.38. The number of imidazole rings is 1. The number of aliphatic hydroxyl groups excluding tert-OH is 1. The van der Waals surface area contributed by atoms with E-state index in [4.69, 9.17) is 5.11 Å². The zero-order valence-electron chi connectivity index (χ0n) is 10.00. The Morgan fingerprint density at radius 1 is 1.12 bits per heavy atom. The van der Waals surface area contributed by atoms with Crippen molar-refractivity contribution in [1.29, 1.82) is 0 Å². The van der Waals surface area contributed by atoms with Gasteiger partial charge in [0.2, 0.25) is 6.33 Å². The largest absolute Gasteiger partial charge is 0.396 e. The van der Waals surface area contributed by atoms with Crippen LogP contribution in [-0.2, 0) is 13.1 Å². The van der Waals surface area contributed by atoms with Crippen molar-refractivity contribution in [2.45, 2.75) is 25.9 Å². The average Bonchev–Trinajstić information content (AvgIpc) is 2.79. The average molecular weight is 231 g/mol. The van der Waals surface area contributed by atoms with E-state index in [2.05, 4.69) is 52.1 Å². The van der Waals surface area contributed by atoms with Gasteiger partial charge < -0.3 is 5.11 Å². The normalized spacial score (nSPS) is 10.6. The Morgan fingerprint density at radius 3 is 2.71 bits per heavy atom. The molecular weight excluding hydrogens is 212 g/mol. The molecule has 3 heteroatoms. The summed E-state index contributed by atoms with van der Waals surface area (Å²) in [5, 5.41) is 8.73. The monoisotopic (exact) mass is 231 g/mol. The van der Waals surface area contributed by atoms with Gasteiger partial charge in [-0.05, 0) is 18.4 Å². The fourth-order valence-electron chi connectivity index (χ4n) is 1.86. The van der Waals surface area contributed by atoms with Crippen molar-refractivity contribution in [3.63, 3.8) is 0 Å². The quantitative estimate of drug-likeness (QED) is 0.594. The third-order valence-electron chi connectivity index (χ3n) is 2.78. The number of unbranched alkanes of at least 4 members (excludes halogenated alkanes) is 1. The van der Waals surface area contributed by atoms with E-state index in [0.29, 0.717) is 0 Å². The fraction of sp³-hybridized carbons (Fsp3) is 0.357. The Balaban J connectivity index is 1.90. The molecule has 0 fully saturated rings. The summed E-state index contributed by atoms with van der Waals surface area (Å²) in [6.45, 7) is 2.17. The van der Waals surface area contributed by atoms with Crippen LogP contribution in [0, 0.1) is 0 Å². The minimum absolute atomic E-state index is 0.283. The predicted molar refractivity (Wildman–Crippen MR) is 66.5 cm³/mol. The highest BCUT2D eigenvalue weighted by molar-refractivity contribution is 5.13. The molecule has 0 unspecified atom stereocenters. The van der Waals surface area contributed by atoms with Crippen LogP contribution in [0.4, 0.5) is 0 Å². The van der Waals surface area contributed by atoms with Gasteiger partial charge in [-0.25, -0.2) is 9.13 Å². The summed E-state index contributed by atoms with van der Waals surface area (Å²) < 4.78 is 4.34. The molecule has 0 aliphatic heterocycles. The van der Waals surface area contributed by atoms with Crippen LogP contribution in [0.25, 0.3) is 0 Å². The lowest BCUT2D eigenvalue weighted by Crippen LogP contribution is -2.31. The van der Waals surface area contributed by atoms with Crippen molar-refractivity contribution >= 4 is 0 Å². The van der Waals surface area contributed by atoms with Crippen LogP contribution in [0.2, 0.25) is 0 Å². The van der Waals surface area contributed by atoms with Crippen LogP contribution in [0.3, 0.4) is 0 Å². The molecule has 2 rings (SSSR count). The van der Waals surface area contributed by atoms with E-state index in [0.717, 1.165) is 25.9 Å². The number of rotatable bonds is 6. The highest BCUT2D eigenvalue weighted by atomic mass is 16.2. The van der Waals surface area contributed by atoms with Gasteiger partial charge in [0.25, 0.3) is 0 Å². The molecule has 0 bridgehead atoms. The zero-order chi connectivity index (χ0) is 11.9. The lowest BCUT2D eigenvalue weighted by Gasteiger charge is -1.97. The highest BCUT2D eigenvalue weighted by Gasteiger charge is 2.03. The van der Waals surface area contributed by atoms with Gasteiger partial charge >= 0.3 is 0 Å². The minimum Gasteiger partial charge on any atom is -0.396 e. The molecule has 1 heterocycles. The second kappa shape index (κ2) is 6.21. The first-order valence-corrected chi connectivity index (χ1v) is 6.08. The van der Waals surface area contributed by atoms with Gasteiger partial charge in [0.1, 0.15) is 18.9 Å². The van der Waals surface area contributed by atoms with Crippen molar-refractivity contribution in [1.82, 2.24) is 4.57 Å². The summed E-state index contributed by atoms with van der Waals surface area (Å²) in [7, 11) is 0. The number of hydrogen-bond acceptors (Lipinski definition) is 1. The van der Waals surface area contributed by atoms with Crippen LogP contribution >= 0.6 is 0 Å². The van der Waals surface area contributed by atoms with Crippen molar-refractivity contribution < 1.29 is 9.67 Å². The predicted octanol–water partition coefficient (Wildman–Crippen LogP) is 1.60. The van der Waals surface area contributed by atoms with Crippen molar-refractivity contribution in [2.75, 3.05) is 6.61 Å². The van der Waals surface area contributed by atoms with E-state index in [-0.39, 0.29) is 6.61 Å². The summed E-state index contributed by atoms with van der Waals surface area (Å²) in [4.78, 5) is 0. The highest BCUT2D eigenvalue weighted by Crippen LogP contribution is 1.98. The molecule has 0 radical (unpaired) electrons. The molecule has 0 saturated carbocycles. The molecule has 0 amide bonds. The molecule has 1 aromatic heterocycles. The third-order valence-corrected chi connectivity index (χ3v) is 2.78. The van der Waals surface area contributed by atoms with Gasteiger partial charge in [-0.1, -0.05) is 30.3 Å². The molecular formula is C14H19N2O+. The molecule has 0 spiro atoms. The Hall–Kier alpha value is -1.61. The molecule has 2 aromatic rings. The van der Waals surface area contributed by atoms with Gasteiger partial charge in [0.15, 0.2) is 0 Å². The molecule has 17 heavy (non-hydrogen) atoms. The number of benzene rings is 1. The molecule has 1 aromatic carbocycles. The molecule has 3 nitrogen and oxygen atoms in total. The summed E-state index contributed by atoms with van der Waals surface area (Å²) in [6.07, 6.45) is 8.18. The topological polar surface area (TPSA) is 29.0 Å². The Labute approximate surface area is 102 Å². The Bertz CT molecular complexity index is 436. The van der Waals surface area contributed by atoms with Crippen molar-refractivity contribution in [3.05, 3.63) is 54.6 Å². The standard InChI is InChI=1S/C14H19N2O/c17-11-5-4-8-15-9-10-16(13-15)12-14-6-2-1-3-7-14/h1-3,6-7,9-10,13,17H,4-5,8,11-12H2/q+1. The van der Waals surface area contributed by atoms with Gasteiger partial charge in [-0.3, -0.25) is 0 Å². The van der Waals surface area contributed by atoms with Gasteiger partial charge in [-0.15, -0.1) is 0 Å². The number of aromatic nitrogens is 2. The van der Waals surface area contributed by atoms with Crippen LogP contribution in [-0.4, -0.2) is 16.3 Å². The molecule has 1 N–H and O–H groups in total. The Morgan fingerprint density at radius 2 is 1.94 bits per heavy atom. The molecule has 0 atom stereocenters. The number of nitrogens with zero attached hydrogens (tertiary/aromatic N) is 2. The SMILES string of the molecule is OCCCCn1cc[n+](Cc2ccccc2)c1. The van der Waals surface area contributed by atoms with E-state index in [1.165, 1.54) is 5.56 Å². The van der Waals surface area contributed by atoms with Gasteiger partial charge in [0.05, 0.1) is 6.54 Å². The van der Waals surface area contributed by atoms with Crippen molar-refractivity contribution in [3.8, 4) is 0 Å². The van der Waals surface area contributed by atoms with Crippen LogP contribution in [0.5, 0.6) is 0 Å². The molecule has 90 valence electrons. The second-order valence-electron chi connectivity index (χ2n) is 4.24. The van der Waals surface area contributed by atoms with E-state index >= 15 is 0 Å². The summed E-state index contributed by atoms with van der Waals surface area (Å²) in [6, 6.07) is 10.4. The number of hydrogen-bond donors (Lipinski definition) is 1. The van der Waals surface area contributed by atoms with E-state index < -0.39 is 0 Å². The fourth-order valence-corrected chi connectivity index (χ4v) is 1.86. The lowest BCUT2D eigenvalue weighted by atomic mass is 10.2. The van der Waals surface area contributed by atoms with Crippen LogP contribution in [0.1, 0.15) is 18.4 Å². The summed E-state index contributed by atoms with van der Waals surface area (Å²) in [5.41, 5.74) is 1.31. The maximum atomic E-state index is 8.73.